The van der Waals surface area contributed by atoms with Crippen molar-refractivity contribution in [2.24, 2.45) is 0 Å². The summed E-state index contributed by atoms with van der Waals surface area (Å²) in [5, 5.41) is 7.51. The molecule has 0 bridgehead atoms. The number of hydrogen-bond donors (Lipinski definition) is 3. The maximum Gasteiger partial charge on any atom is 0.160 e. The molecule has 25 heavy (non-hydrogen) atoms. The fourth-order valence-electron chi connectivity index (χ4n) is 2.93. The third-order valence-electron chi connectivity index (χ3n) is 4.29. The van der Waals surface area contributed by atoms with Crippen LogP contribution in [0.4, 0.5) is 20.2 Å². The first-order valence-electron chi connectivity index (χ1n) is 8.16. The zero-order valence-corrected chi connectivity index (χ0v) is 16.0. The van der Waals surface area contributed by atoms with Crippen LogP contribution in [0, 0.1) is 11.6 Å². The van der Waals surface area contributed by atoms with E-state index in [1.165, 1.54) is 11.6 Å². The number of nitrogens with one attached hydrogen (secondary N) is 3. The third kappa shape index (κ3) is 4.12. The van der Waals surface area contributed by atoms with Crippen LogP contribution in [-0.2, 0) is 0 Å². The predicted octanol–water partition coefficient (Wildman–Crippen LogP) is 5.32. The summed E-state index contributed by atoms with van der Waals surface area (Å²) >= 11 is 2.42. The average molecular weight is 455 g/mol. The highest BCUT2D eigenvalue weighted by atomic mass is 127. The van der Waals surface area contributed by atoms with E-state index in [0.717, 1.165) is 46.1 Å². The molecule has 1 atom stereocenters. The van der Waals surface area contributed by atoms with Gasteiger partial charge in [0.25, 0.3) is 0 Å². The van der Waals surface area contributed by atoms with Crippen LogP contribution in [0.5, 0.6) is 0 Å². The molecule has 0 radical (unpaired) electrons. The van der Waals surface area contributed by atoms with Crippen LogP contribution < -0.4 is 10.6 Å². The lowest BCUT2D eigenvalue weighted by Gasteiger charge is -2.14. The molecule has 0 aliphatic carbocycles. The molecule has 132 valence electrons. The summed E-state index contributed by atoms with van der Waals surface area (Å²) in [6, 6.07) is 9.81. The number of anilines is 2. The average Bonchev–Trinajstić information content (AvgIpc) is 3.02. The van der Waals surface area contributed by atoms with Crippen molar-refractivity contribution in [1.29, 1.82) is 0 Å². The van der Waals surface area contributed by atoms with Crippen molar-refractivity contribution in [3.05, 3.63) is 59.8 Å². The lowest BCUT2D eigenvalue weighted by Crippen LogP contribution is -2.12. The van der Waals surface area contributed by atoms with Crippen molar-refractivity contribution in [1.82, 2.24) is 10.3 Å². The fraction of sp³-hybridized carbons (Fsp3) is 0.263. The number of halogens is 3. The van der Waals surface area contributed by atoms with Crippen LogP contribution in [0.2, 0.25) is 0 Å². The lowest BCUT2D eigenvalue weighted by atomic mass is 9.97. The number of H-pyrrole nitrogens is 1. The Balaban J connectivity index is 1.90. The van der Waals surface area contributed by atoms with Gasteiger partial charge in [0.2, 0.25) is 0 Å². The second-order valence-electron chi connectivity index (χ2n) is 6.00. The molecule has 3 rings (SSSR count). The van der Waals surface area contributed by atoms with Gasteiger partial charge in [0.15, 0.2) is 11.6 Å². The lowest BCUT2D eigenvalue weighted by molar-refractivity contribution is 0.509. The van der Waals surface area contributed by atoms with Crippen LogP contribution in [-0.4, -0.2) is 23.0 Å². The number of aromatic amines is 1. The number of aromatic nitrogens is 1. The minimum Gasteiger partial charge on any atom is -0.361 e. The molecule has 6 heteroatoms. The SMILES string of the molecule is CNCCC(CI)c1c[nH]c2ccc(Nc3ccc(F)c(F)c3)cc12. The summed E-state index contributed by atoms with van der Waals surface area (Å²) in [6.07, 6.45) is 3.14. The smallest absolute Gasteiger partial charge is 0.160 e. The van der Waals surface area contributed by atoms with E-state index < -0.39 is 11.6 Å². The van der Waals surface area contributed by atoms with Crippen LogP contribution >= 0.6 is 22.6 Å². The van der Waals surface area contributed by atoms with Crippen molar-refractivity contribution >= 4 is 44.9 Å². The van der Waals surface area contributed by atoms with Crippen molar-refractivity contribution in [2.45, 2.75) is 12.3 Å². The Labute approximate surface area is 159 Å². The van der Waals surface area contributed by atoms with Gasteiger partial charge in [-0.25, -0.2) is 8.78 Å². The summed E-state index contributed by atoms with van der Waals surface area (Å²) in [5.74, 6) is -1.24. The minimum absolute atomic E-state index is 0.459. The molecule has 0 saturated heterocycles. The highest BCUT2D eigenvalue weighted by Gasteiger charge is 2.15. The van der Waals surface area contributed by atoms with E-state index in [2.05, 4.69) is 50.5 Å². The summed E-state index contributed by atoms with van der Waals surface area (Å²) < 4.78 is 27.5. The highest BCUT2D eigenvalue weighted by molar-refractivity contribution is 14.1. The summed E-state index contributed by atoms with van der Waals surface area (Å²) in [4.78, 5) is 3.33. The Morgan fingerprint density at radius 3 is 2.56 bits per heavy atom. The fourth-order valence-corrected chi connectivity index (χ4v) is 3.85. The van der Waals surface area contributed by atoms with E-state index >= 15 is 0 Å². The maximum absolute atomic E-state index is 13.4. The minimum atomic E-state index is -0.856. The Bertz CT molecular complexity index is 863. The van der Waals surface area contributed by atoms with Gasteiger partial charge in [-0.2, -0.15) is 0 Å². The zero-order valence-electron chi connectivity index (χ0n) is 13.9. The number of alkyl halides is 1. The molecule has 1 unspecified atom stereocenters. The van der Waals surface area contributed by atoms with Crippen LogP contribution in [0.15, 0.2) is 42.6 Å². The van der Waals surface area contributed by atoms with E-state index in [4.69, 9.17) is 0 Å². The monoisotopic (exact) mass is 455 g/mol. The van der Waals surface area contributed by atoms with E-state index in [1.807, 2.05) is 19.2 Å². The molecular weight excluding hydrogens is 435 g/mol. The first-order valence-corrected chi connectivity index (χ1v) is 9.68. The number of benzene rings is 2. The van der Waals surface area contributed by atoms with E-state index in [-0.39, 0.29) is 0 Å². The molecule has 0 fully saturated rings. The second kappa shape index (κ2) is 8.14. The molecule has 2 aromatic carbocycles. The van der Waals surface area contributed by atoms with Gasteiger partial charge in [-0.15, -0.1) is 0 Å². The Hall–Kier alpha value is -1.67. The molecule has 3 N–H and O–H groups in total. The third-order valence-corrected chi connectivity index (χ3v) is 5.35. The molecule has 0 spiro atoms. The molecule has 3 nitrogen and oxygen atoms in total. The summed E-state index contributed by atoms with van der Waals surface area (Å²) in [6.45, 7) is 0.965. The maximum atomic E-state index is 13.4. The summed E-state index contributed by atoms with van der Waals surface area (Å²) in [7, 11) is 1.96. The normalized spacial score (nSPS) is 12.5. The number of rotatable bonds is 7. The van der Waals surface area contributed by atoms with E-state index in [1.54, 1.807) is 0 Å². The Kier molecular flexibility index (Phi) is 5.90. The largest absolute Gasteiger partial charge is 0.361 e. The first kappa shape index (κ1) is 18.1. The van der Waals surface area contributed by atoms with Gasteiger partial charge >= 0.3 is 0 Å². The quantitative estimate of drug-likeness (QED) is 0.334. The molecule has 3 aromatic rings. The van der Waals surface area contributed by atoms with E-state index in [9.17, 15) is 8.78 Å². The van der Waals surface area contributed by atoms with Gasteiger partial charge in [-0.05, 0) is 61.8 Å². The Morgan fingerprint density at radius 2 is 1.84 bits per heavy atom. The van der Waals surface area contributed by atoms with Gasteiger partial charge in [0.05, 0.1) is 0 Å². The first-order chi connectivity index (χ1) is 12.1. The highest BCUT2D eigenvalue weighted by Crippen LogP contribution is 2.32. The molecule has 1 aromatic heterocycles. The number of fused-ring (bicyclic) bond motifs is 1. The molecule has 0 saturated carbocycles. The van der Waals surface area contributed by atoms with Crippen molar-refractivity contribution in [3.8, 4) is 0 Å². The van der Waals surface area contributed by atoms with Crippen molar-refractivity contribution in [3.63, 3.8) is 0 Å². The van der Waals surface area contributed by atoms with Crippen molar-refractivity contribution < 1.29 is 8.78 Å². The van der Waals surface area contributed by atoms with Crippen LogP contribution in [0.3, 0.4) is 0 Å². The van der Waals surface area contributed by atoms with Gasteiger partial charge < -0.3 is 15.6 Å². The molecule has 1 heterocycles. The van der Waals surface area contributed by atoms with Crippen LogP contribution in [0.25, 0.3) is 10.9 Å². The standard InChI is InChI=1S/C19H20F2IN3/c1-23-7-6-12(10-22)16-11-24-19-5-3-13(8-15(16)19)25-14-2-4-17(20)18(21)9-14/h2-5,8-9,11-12,23-25H,6-7,10H2,1H3. The van der Waals surface area contributed by atoms with Gasteiger partial charge in [-0.1, -0.05) is 22.6 Å². The molecule has 0 amide bonds. The van der Waals surface area contributed by atoms with Crippen molar-refractivity contribution in [2.75, 3.05) is 23.3 Å². The molecule has 0 aliphatic rings. The van der Waals surface area contributed by atoms with Gasteiger partial charge in [0, 0.05) is 39.0 Å². The van der Waals surface area contributed by atoms with E-state index in [0.29, 0.717) is 11.6 Å². The van der Waals surface area contributed by atoms with Gasteiger partial charge in [-0.3, -0.25) is 0 Å². The topological polar surface area (TPSA) is 39.9 Å². The van der Waals surface area contributed by atoms with Gasteiger partial charge in [0.1, 0.15) is 0 Å². The predicted molar refractivity (Wildman–Crippen MR) is 108 cm³/mol. The Morgan fingerprint density at radius 1 is 1.08 bits per heavy atom. The summed E-state index contributed by atoms with van der Waals surface area (Å²) in [5.41, 5.74) is 3.73. The number of hydrogen-bond acceptors (Lipinski definition) is 2. The second-order valence-corrected chi connectivity index (χ2v) is 6.88. The zero-order chi connectivity index (χ0) is 17.8. The van der Waals surface area contributed by atoms with Crippen LogP contribution in [0.1, 0.15) is 17.9 Å². The molecule has 0 aliphatic heterocycles. The molecular formula is C19H20F2IN3.